The SMILES string of the molecule is CCOC(=O)C1(NC2CC2)CCC(Sc2nnnn2C)C1. The van der Waals surface area contributed by atoms with Crippen LogP contribution in [-0.2, 0) is 16.6 Å². The number of nitrogens with zero attached hydrogens (tertiary/aromatic N) is 4. The highest BCUT2D eigenvalue weighted by Crippen LogP contribution is 2.41. The van der Waals surface area contributed by atoms with Crippen molar-refractivity contribution in [2.75, 3.05) is 6.61 Å². The Morgan fingerprint density at radius 3 is 2.95 bits per heavy atom. The first-order chi connectivity index (χ1) is 10.1. The van der Waals surface area contributed by atoms with Gasteiger partial charge in [-0.15, -0.1) is 5.10 Å². The van der Waals surface area contributed by atoms with Gasteiger partial charge in [0.2, 0.25) is 5.16 Å². The number of nitrogens with one attached hydrogen (secondary N) is 1. The van der Waals surface area contributed by atoms with Crippen molar-refractivity contribution in [1.29, 1.82) is 0 Å². The Bertz CT molecular complexity index is 518. The third-order valence-corrected chi connectivity index (χ3v) is 5.34. The fraction of sp³-hybridized carbons (Fsp3) is 0.846. The first kappa shape index (κ1) is 14.8. The minimum Gasteiger partial charge on any atom is -0.465 e. The Balaban J connectivity index is 1.68. The molecule has 2 aliphatic carbocycles. The monoisotopic (exact) mass is 311 g/mol. The van der Waals surface area contributed by atoms with Gasteiger partial charge >= 0.3 is 5.97 Å². The largest absolute Gasteiger partial charge is 0.465 e. The third-order valence-electron chi connectivity index (χ3n) is 4.05. The van der Waals surface area contributed by atoms with E-state index in [4.69, 9.17) is 4.74 Å². The molecule has 3 rings (SSSR count). The average Bonchev–Trinajstić information content (AvgIpc) is 3.03. The van der Waals surface area contributed by atoms with E-state index >= 15 is 0 Å². The van der Waals surface area contributed by atoms with E-state index in [9.17, 15) is 4.79 Å². The minimum absolute atomic E-state index is 0.101. The van der Waals surface area contributed by atoms with Gasteiger partial charge in [-0.2, -0.15) is 0 Å². The van der Waals surface area contributed by atoms with Crippen LogP contribution in [0.15, 0.2) is 5.16 Å². The molecule has 0 aliphatic heterocycles. The quantitative estimate of drug-likeness (QED) is 0.782. The van der Waals surface area contributed by atoms with Crippen LogP contribution in [0.3, 0.4) is 0 Å². The molecule has 0 amide bonds. The molecule has 116 valence electrons. The van der Waals surface area contributed by atoms with E-state index in [1.807, 2.05) is 14.0 Å². The highest BCUT2D eigenvalue weighted by atomic mass is 32.2. The first-order valence-corrected chi connectivity index (χ1v) is 8.35. The van der Waals surface area contributed by atoms with Crippen LogP contribution in [0.25, 0.3) is 0 Å². The number of aryl methyl sites for hydroxylation is 1. The lowest BCUT2D eigenvalue weighted by atomic mass is 9.97. The molecule has 1 aromatic rings. The van der Waals surface area contributed by atoms with E-state index in [1.54, 1.807) is 16.4 Å². The summed E-state index contributed by atoms with van der Waals surface area (Å²) in [5.41, 5.74) is -0.513. The molecule has 0 bridgehead atoms. The second kappa shape index (κ2) is 5.92. The van der Waals surface area contributed by atoms with E-state index in [1.165, 1.54) is 0 Å². The second-order valence-corrected chi connectivity index (χ2v) is 7.06. The van der Waals surface area contributed by atoms with Crippen LogP contribution in [0, 0.1) is 0 Å². The molecule has 1 heterocycles. The Labute approximate surface area is 128 Å². The van der Waals surface area contributed by atoms with E-state index in [0.717, 1.165) is 37.3 Å². The zero-order valence-electron chi connectivity index (χ0n) is 12.4. The molecular weight excluding hydrogens is 290 g/mol. The fourth-order valence-electron chi connectivity index (χ4n) is 2.83. The summed E-state index contributed by atoms with van der Waals surface area (Å²) in [6.45, 7) is 2.28. The molecule has 7 nitrogen and oxygen atoms in total. The number of carbonyl (C=O) groups excluding carboxylic acids is 1. The summed E-state index contributed by atoms with van der Waals surface area (Å²) in [6.07, 6.45) is 4.89. The number of ether oxygens (including phenoxy) is 1. The highest BCUT2D eigenvalue weighted by Gasteiger charge is 2.49. The van der Waals surface area contributed by atoms with Crippen molar-refractivity contribution in [3.8, 4) is 0 Å². The Kier molecular flexibility index (Phi) is 4.17. The summed E-state index contributed by atoms with van der Waals surface area (Å²) in [7, 11) is 1.83. The summed E-state index contributed by atoms with van der Waals surface area (Å²) in [5, 5.41) is 16.2. The summed E-state index contributed by atoms with van der Waals surface area (Å²) >= 11 is 1.65. The maximum atomic E-state index is 12.4. The number of hydrogen-bond donors (Lipinski definition) is 1. The zero-order valence-corrected chi connectivity index (χ0v) is 13.2. The molecular formula is C13H21N5O2S. The lowest BCUT2D eigenvalue weighted by Crippen LogP contribution is -2.52. The molecule has 2 saturated carbocycles. The van der Waals surface area contributed by atoms with Gasteiger partial charge in [-0.1, -0.05) is 11.8 Å². The van der Waals surface area contributed by atoms with Crippen molar-refractivity contribution >= 4 is 17.7 Å². The van der Waals surface area contributed by atoms with Gasteiger partial charge in [0.15, 0.2) is 0 Å². The summed E-state index contributed by atoms with van der Waals surface area (Å²) in [4.78, 5) is 12.4. The molecule has 0 saturated heterocycles. The molecule has 0 spiro atoms. The molecule has 1 aromatic heterocycles. The maximum Gasteiger partial charge on any atom is 0.326 e. The van der Waals surface area contributed by atoms with Crippen molar-refractivity contribution in [3.63, 3.8) is 0 Å². The summed E-state index contributed by atoms with van der Waals surface area (Å²) in [5.74, 6) is -0.101. The summed E-state index contributed by atoms with van der Waals surface area (Å²) < 4.78 is 6.98. The van der Waals surface area contributed by atoms with Gasteiger partial charge in [0.25, 0.3) is 0 Å². The number of aromatic nitrogens is 4. The van der Waals surface area contributed by atoms with E-state index in [2.05, 4.69) is 20.8 Å². The van der Waals surface area contributed by atoms with E-state index < -0.39 is 5.54 Å². The Morgan fingerprint density at radius 1 is 1.52 bits per heavy atom. The number of rotatable bonds is 6. The van der Waals surface area contributed by atoms with Crippen molar-refractivity contribution in [2.45, 2.75) is 61.0 Å². The standard InChI is InChI=1S/C13H21N5O2S/c1-3-20-11(19)13(14-9-4-5-9)7-6-10(8-13)21-12-15-16-17-18(12)2/h9-10,14H,3-8H2,1-2H3. The number of tetrazole rings is 1. The number of thioether (sulfide) groups is 1. The predicted molar refractivity (Wildman–Crippen MR) is 77.8 cm³/mol. The molecule has 2 fully saturated rings. The smallest absolute Gasteiger partial charge is 0.326 e. The fourth-order valence-corrected chi connectivity index (χ4v) is 4.01. The topological polar surface area (TPSA) is 81.9 Å². The maximum absolute atomic E-state index is 12.4. The van der Waals surface area contributed by atoms with Crippen LogP contribution >= 0.6 is 11.8 Å². The van der Waals surface area contributed by atoms with Crippen LogP contribution in [0.1, 0.15) is 39.0 Å². The Hall–Kier alpha value is -1.15. The molecule has 8 heteroatoms. The predicted octanol–water partition coefficient (Wildman–Crippen LogP) is 0.909. The van der Waals surface area contributed by atoms with Gasteiger partial charge in [0.1, 0.15) is 5.54 Å². The lowest BCUT2D eigenvalue weighted by molar-refractivity contribution is -0.151. The van der Waals surface area contributed by atoms with Gasteiger partial charge < -0.3 is 4.74 Å². The third kappa shape index (κ3) is 3.21. The van der Waals surface area contributed by atoms with E-state index in [-0.39, 0.29) is 5.97 Å². The van der Waals surface area contributed by atoms with Crippen molar-refractivity contribution in [1.82, 2.24) is 25.5 Å². The number of esters is 1. The number of hydrogen-bond acceptors (Lipinski definition) is 7. The summed E-state index contributed by atoms with van der Waals surface area (Å²) in [6, 6.07) is 0.481. The van der Waals surface area contributed by atoms with Crippen LogP contribution < -0.4 is 5.32 Å². The normalized spacial score (nSPS) is 28.8. The molecule has 2 atom stereocenters. The second-order valence-electron chi connectivity index (χ2n) is 5.79. The first-order valence-electron chi connectivity index (χ1n) is 7.47. The van der Waals surface area contributed by atoms with Crippen LogP contribution in [0.4, 0.5) is 0 Å². The van der Waals surface area contributed by atoms with Crippen LogP contribution in [0.5, 0.6) is 0 Å². The van der Waals surface area contributed by atoms with Crippen molar-refractivity contribution < 1.29 is 9.53 Å². The van der Waals surface area contributed by atoms with Crippen molar-refractivity contribution in [2.24, 2.45) is 7.05 Å². The van der Waals surface area contributed by atoms with Crippen molar-refractivity contribution in [3.05, 3.63) is 0 Å². The van der Waals surface area contributed by atoms with E-state index in [0.29, 0.717) is 17.9 Å². The Morgan fingerprint density at radius 2 is 2.33 bits per heavy atom. The molecule has 1 N–H and O–H groups in total. The van der Waals surface area contributed by atoms with Gasteiger partial charge in [-0.3, -0.25) is 10.1 Å². The molecule has 0 radical (unpaired) electrons. The molecule has 0 aromatic carbocycles. The molecule has 21 heavy (non-hydrogen) atoms. The van der Waals surface area contributed by atoms with Gasteiger partial charge in [0.05, 0.1) is 6.61 Å². The van der Waals surface area contributed by atoms with Crippen LogP contribution in [0.2, 0.25) is 0 Å². The lowest BCUT2D eigenvalue weighted by Gasteiger charge is -2.28. The van der Waals surface area contributed by atoms with Crippen LogP contribution in [-0.4, -0.2) is 49.6 Å². The highest BCUT2D eigenvalue weighted by molar-refractivity contribution is 7.99. The number of carbonyl (C=O) groups is 1. The molecule has 2 unspecified atom stereocenters. The zero-order chi connectivity index (χ0) is 14.9. The minimum atomic E-state index is -0.513. The molecule has 2 aliphatic rings. The van der Waals surface area contributed by atoms with Gasteiger partial charge in [0, 0.05) is 18.3 Å². The average molecular weight is 311 g/mol. The van der Waals surface area contributed by atoms with Gasteiger partial charge in [-0.25, -0.2) is 4.68 Å². The van der Waals surface area contributed by atoms with Gasteiger partial charge in [-0.05, 0) is 49.5 Å².